The first-order valence-electron chi connectivity index (χ1n) is 1.19. The molecule has 44 valence electrons. The summed E-state index contributed by atoms with van der Waals surface area (Å²) >= 11 is 0.496. The van der Waals surface area contributed by atoms with E-state index in [1.54, 1.807) is 0 Å². The highest BCUT2D eigenvalue weighted by Crippen LogP contribution is 2.00. The SMILES string of the molecule is CSO[Cl+3]([O-])([O-])[O-]. The molecule has 4 nitrogen and oxygen atoms in total. The van der Waals surface area contributed by atoms with Crippen LogP contribution < -0.4 is 14.0 Å². The Bertz CT molecular complexity index is 50.1. The van der Waals surface area contributed by atoms with Crippen LogP contribution in [0.25, 0.3) is 0 Å². The van der Waals surface area contributed by atoms with Crippen LogP contribution in [0.3, 0.4) is 0 Å². The van der Waals surface area contributed by atoms with E-state index in [4.69, 9.17) is 0 Å². The molecular weight excluding hydrogens is 144 g/mol. The zero-order valence-electron chi connectivity index (χ0n) is 3.42. The molecule has 0 aromatic carbocycles. The van der Waals surface area contributed by atoms with Gasteiger partial charge in [0.1, 0.15) is 3.74 Å². The molecular formula is CH3ClO4S. The summed E-state index contributed by atoms with van der Waals surface area (Å²) in [5.41, 5.74) is 0. The van der Waals surface area contributed by atoms with Gasteiger partial charge in [-0.05, 0) is 0 Å². The Morgan fingerprint density at radius 1 is 1.43 bits per heavy atom. The van der Waals surface area contributed by atoms with Crippen molar-refractivity contribution in [2.75, 3.05) is 6.26 Å². The number of rotatable bonds is 2. The molecule has 6 heteroatoms. The minimum Gasteiger partial charge on any atom is -0.182 e. The van der Waals surface area contributed by atoms with E-state index in [9.17, 15) is 14.0 Å². The van der Waals surface area contributed by atoms with Crippen LogP contribution in [-0.4, -0.2) is 6.26 Å². The molecule has 0 heterocycles. The molecule has 0 atom stereocenters. The van der Waals surface area contributed by atoms with Crippen LogP contribution in [0, 0.1) is 10.2 Å². The summed E-state index contributed by atoms with van der Waals surface area (Å²) in [6.45, 7) is 0. The third-order valence-electron chi connectivity index (χ3n) is 0.140. The second-order valence-corrected chi connectivity index (χ2v) is 2.20. The fraction of sp³-hybridized carbons (Fsp3) is 1.00. The normalized spacial score (nSPS) is 12.0. The zero-order chi connectivity index (χ0) is 5.91. The quantitative estimate of drug-likeness (QED) is 0.393. The summed E-state index contributed by atoms with van der Waals surface area (Å²) in [5, 5.41) is 0. The Kier molecular flexibility index (Phi) is 2.89. The van der Waals surface area contributed by atoms with Gasteiger partial charge < -0.3 is 0 Å². The van der Waals surface area contributed by atoms with Gasteiger partial charge in [-0.1, -0.05) is 0 Å². The first-order chi connectivity index (χ1) is 3.06. The molecule has 0 amide bonds. The molecule has 0 unspecified atom stereocenters. The van der Waals surface area contributed by atoms with E-state index in [1.807, 2.05) is 0 Å². The Hall–Kier alpha value is 0.480. The van der Waals surface area contributed by atoms with E-state index >= 15 is 0 Å². The monoisotopic (exact) mass is 146 g/mol. The van der Waals surface area contributed by atoms with Crippen LogP contribution >= 0.6 is 12.0 Å². The number of halogens is 1. The maximum absolute atomic E-state index is 9.40. The van der Waals surface area contributed by atoms with Gasteiger partial charge in [-0.3, -0.25) is 0 Å². The Morgan fingerprint density at radius 3 is 1.86 bits per heavy atom. The fourth-order valence-electron chi connectivity index (χ4n) is 0.0772. The first kappa shape index (κ1) is 7.48. The highest BCUT2D eigenvalue weighted by molar-refractivity contribution is 7.93. The summed E-state index contributed by atoms with van der Waals surface area (Å²) < 4.78 is 31.7. The summed E-state index contributed by atoms with van der Waals surface area (Å²) in [4.78, 5) is 0. The lowest BCUT2D eigenvalue weighted by Crippen LogP contribution is -2.59. The maximum atomic E-state index is 9.40. The van der Waals surface area contributed by atoms with E-state index in [2.05, 4.69) is 3.74 Å². The Balaban J connectivity index is 3.15. The molecule has 0 rings (SSSR count). The first-order valence-corrected chi connectivity index (χ1v) is 3.58. The van der Waals surface area contributed by atoms with Crippen LogP contribution in [0.15, 0.2) is 0 Å². The zero-order valence-corrected chi connectivity index (χ0v) is 4.99. The summed E-state index contributed by atoms with van der Waals surface area (Å²) in [6.07, 6.45) is 1.34. The molecule has 0 N–H and O–H groups in total. The largest absolute Gasteiger partial charge is 0.182 e. The lowest BCUT2D eigenvalue weighted by Gasteiger charge is -2.08. The van der Waals surface area contributed by atoms with Gasteiger partial charge in [0.2, 0.25) is 0 Å². The van der Waals surface area contributed by atoms with Gasteiger partial charge in [-0.25, -0.2) is 0 Å². The van der Waals surface area contributed by atoms with Crippen LogP contribution in [0.4, 0.5) is 0 Å². The maximum Gasteiger partial charge on any atom is 0.168 e. The molecule has 0 saturated carbocycles. The average Bonchev–Trinajstić information content (AvgIpc) is 1.30. The van der Waals surface area contributed by atoms with Crippen molar-refractivity contribution in [1.29, 1.82) is 0 Å². The summed E-state index contributed by atoms with van der Waals surface area (Å²) in [7, 11) is -4.22. The second kappa shape index (κ2) is 2.71. The van der Waals surface area contributed by atoms with Crippen molar-refractivity contribution in [3.05, 3.63) is 0 Å². The van der Waals surface area contributed by atoms with Gasteiger partial charge in [0, 0.05) is 6.26 Å². The van der Waals surface area contributed by atoms with E-state index < -0.39 is 10.2 Å². The summed E-state index contributed by atoms with van der Waals surface area (Å²) in [6, 6.07) is 0. The van der Waals surface area contributed by atoms with Gasteiger partial charge in [0.05, 0.1) is 10.2 Å². The second-order valence-electron chi connectivity index (χ2n) is 0.608. The number of hydrogen-bond donors (Lipinski definition) is 0. The summed E-state index contributed by atoms with van der Waals surface area (Å²) in [5.74, 6) is 0. The Labute approximate surface area is 47.0 Å². The topological polar surface area (TPSA) is 78.4 Å². The molecule has 0 fully saturated rings. The highest BCUT2D eigenvalue weighted by atomic mass is 35.7. The Morgan fingerprint density at radius 2 is 1.86 bits per heavy atom. The van der Waals surface area contributed by atoms with E-state index in [1.165, 1.54) is 6.26 Å². The highest BCUT2D eigenvalue weighted by Gasteiger charge is 2.14. The van der Waals surface area contributed by atoms with Crippen molar-refractivity contribution >= 4 is 12.0 Å². The van der Waals surface area contributed by atoms with Gasteiger partial charge >= 0.3 is 0 Å². The van der Waals surface area contributed by atoms with Crippen molar-refractivity contribution in [3.63, 3.8) is 0 Å². The molecule has 0 aromatic heterocycles. The van der Waals surface area contributed by atoms with Crippen molar-refractivity contribution < 1.29 is 28.0 Å². The predicted octanol–water partition coefficient (Wildman–Crippen LogP) is -2.82. The van der Waals surface area contributed by atoms with E-state index in [-0.39, 0.29) is 0 Å². The minimum absolute atomic E-state index is 0.496. The molecule has 7 heavy (non-hydrogen) atoms. The molecule has 0 aliphatic heterocycles. The fourth-order valence-corrected chi connectivity index (χ4v) is 0.694. The van der Waals surface area contributed by atoms with Gasteiger partial charge in [0.15, 0.2) is 12.0 Å². The molecule has 0 spiro atoms. The lowest BCUT2D eigenvalue weighted by molar-refractivity contribution is -1.91. The molecule has 0 radical (unpaired) electrons. The van der Waals surface area contributed by atoms with Gasteiger partial charge in [0.25, 0.3) is 0 Å². The van der Waals surface area contributed by atoms with Crippen molar-refractivity contribution in [3.8, 4) is 0 Å². The standard InChI is InChI=1S/CH3ClO4S/c1-7-6-2(3,4)5/h1H3. The molecule has 0 aromatic rings. The minimum atomic E-state index is -4.22. The van der Waals surface area contributed by atoms with Gasteiger partial charge in [-0.2, -0.15) is 14.0 Å². The van der Waals surface area contributed by atoms with Crippen LogP contribution in [0.1, 0.15) is 0 Å². The van der Waals surface area contributed by atoms with Gasteiger partial charge in [-0.15, -0.1) is 0 Å². The molecule has 0 bridgehead atoms. The van der Waals surface area contributed by atoms with Crippen LogP contribution in [-0.2, 0) is 3.74 Å². The predicted molar refractivity (Wildman–Crippen MR) is 14.6 cm³/mol. The third-order valence-corrected chi connectivity index (χ3v) is 1.26. The van der Waals surface area contributed by atoms with Crippen LogP contribution in [0.5, 0.6) is 0 Å². The lowest BCUT2D eigenvalue weighted by atomic mass is 12.0. The average molecular weight is 147 g/mol. The smallest absolute Gasteiger partial charge is 0.168 e. The third kappa shape index (κ3) is 6.48. The molecule has 0 saturated heterocycles. The van der Waals surface area contributed by atoms with Crippen molar-refractivity contribution in [2.45, 2.75) is 0 Å². The van der Waals surface area contributed by atoms with E-state index in [0.717, 1.165) is 0 Å². The van der Waals surface area contributed by atoms with E-state index in [0.29, 0.717) is 12.0 Å². The van der Waals surface area contributed by atoms with Crippen molar-refractivity contribution in [2.24, 2.45) is 0 Å². The number of hydrogen-bond acceptors (Lipinski definition) is 5. The molecule has 0 aliphatic carbocycles. The molecule has 0 aliphatic rings. The van der Waals surface area contributed by atoms with Crippen molar-refractivity contribution in [1.82, 2.24) is 0 Å². The van der Waals surface area contributed by atoms with Crippen LogP contribution in [0.2, 0.25) is 0 Å².